The highest BCUT2D eigenvalue weighted by atomic mass is 32.2. The molecule has 0 unspecified atom stereocenters. The number of hydrogen-bond donors (Lipinski definition) is 1. The minimum absolute atomic E-state index is 0.0520. The Bertz CT molecular complexity index is 504. The molecule has 1 aromatic rings. The van der Waals surface area contributed by atoms with Gasteiger partial charge in [-0.05, 0) is 52.7 Å². The van der Waals surface area contributed by atoms with Crippen LogP contribution in [0.15, 0.2) is 16.5 Å². The smallest absolute Gasteiger partial charge is 0.237 e. The standard InChI is InChI=1S/C18H31N3O2S/c1-20(2)13-15-8-9-16(23-15)14-24-12-10-19-18(22)17-7-5-4-6-11-21(17)3/h8-9,17H,4-7,10-14H2,1-3H3,(H,19,22)/t17-/m0/s1. The zero-order valence-corrected chi connectivity index (χ0v) is 16.0. The molecule has 1 atom stereocenters. The van der Waals surface area contributed by atoms with Gasteiger partial charge in [0.15, 0.2) is 0 Å². The third-order valence-electron chi connectivity index (χ3n) is 4.30. The number of carbonyl (C=O) groups excluding carboxylic acids is 1. The Morgan fingerprint density at radius 1 is 1.33 bits per heavy atom. The Morgan fingerprint density at radius 3 is 2.92 bits per heavy atom. The van der Waals surface area contributed by atoms with Crippen LogP contribution in [-0.4, -0.2) is 61.7 Å². The second-order valence-electron chi connectivity index (χ2n) is 6.80. The molecule has 0 spiro atoms. The number of nitrogens with one attached hydrogen (secondary N) is 1. The van der Waals surface area contributed by atoms with Gasteiger partial charge in [0.05, 0.1) is 18.3 Å². The van der Waals surface area contributed by atoms with Crippen LogP contribution in [-0.2, 0) is 17.1 Å². The lowest BCUT2D eigenvalue weighted by atomic mass is 10.1. The van der Waals surface area contributed by atoms with Crippen molar-refractivity contribution in [2.24, 2.45) is 0 Å². The first kappa shape index (κ1) is 19.3. The quantitative estimate of drug-likeness (QED) is 0.728. The predicted molar refractivity (Wildman–Crippen MR) is 100 cm³/mol. The van der Waals surface area contributed by atoms with Gasteiger partial charge in [-0.3, -0.25) is 9.69 Å². The lowest BCUT2D eigenvalue weighted by Gasteiger charge is -2.24. The molecule has 1 fully saturated rings. The van der Waals surface area contributed by atoms with Crippen LogP contribution in [0.4, 0.5) is 0 Å². The highest BCUT2D eigenvalue weighted by Crippen LogP contribution is 2.17. The molecule has 2 rings (SSSR count). The number of nitrogens with zero attached hydrogens (tertiary/aromatic N) is 2. The second-order valence-corrected chi connectivity index (χ2v) is 7.90. The summed E-state index contributed by atoms with van der Waals surface area (Å²) in [6, 6.07) is 4.14. The Hall–Kier alpha value is -0.980. The van der Waals surface area contributed by atoms with Crippen molar-refractivity contribution < 1.29 is 9.21 Å². The third-order valence-corrected chi connectivity index (χ3v) is 5.28. The topological polar surface area (TPSA) is 48.7 Å². The molecule has 5 nitrogen and oxygen atoms in total. The van der Waals surface area contributed by atoms with Gasteiger partial charge in [0.1, 0.15) is 11.5 Å². The largest absolute Gasteiger partial charge is 0.464 e. The Balaban J connectivity index is 1.62. The minimum atomic E-state index is 0.0520. The van der Waals surface area contributed by atoms with E-state index in [4.69, 9.17) is 4.42 Å². The fourth-order valence-electron chi connectivity index (χ4n) is 3.02. The van der Waals surface area contributed by atoms with Crippen molar-refractivity contribution in [1.29, 1.82) is 0 Å². The van der Waals surface area contributed by atoms with Crippen molar-refractivity contribution in [3.63, 3.8) is 0 Å². The van der Waals surface area contributed by atoms with Crippen molar-refractivity contribution in [3.8, 4) is 0 Å². The Labute approximate surface area is 150 Å². The second kappa shape index (κ2) is 10.1. The van der Waals surface area contributed by atoms with E-state index in [0.29, 0.717) is 0 Å². The molecule has 136 valence electrons. The van der Waals surface area contributed by atoms with E-state index in [9.17, 15) is 4.79 Å². The number of furan rings is 1. The molecule has 1 saturated heterocycles. The number of likely N-dealkylation sites (tertiary alicyclic amines) is 1. The van der Waals surface area contributed by atoms with Crippen LogP contribution in [0.1, 0.15) is 37.2 Å². The number of carbonyl (C=O) groups is 1. The minimum Gasteiger partial charge on any atom is -0.464 e. The van der Waals surface area contributed by atoms with Crippen LogP contribution in [0, 0.1) is 0 Å². The van der Waals surface area contributed by atoms with Crippen LogP contribution in [0.3, 0.4) is 0 Å². The van der Waals surface area contributed by atoms with Gasteiger partial charge in [-0.25, -0.2) is 0 Å². The molecule has 1 amide bonds. The maximum Gasteiger partial charge on any atom is 0.237 e. The normalized spacial score (nSPS) is 19.4. The van der Waals surface area contributed by atoms with Crippen molar-refractivity contribution in [1.82, 2.24) is 15.1 Å². The van der Waals surface area contributed by atoms with Crippen molar-refractivity contribution in [2.75, 3.05) is 40.0 Å². The van der Waals surface area contributed by atoms with Crippen LogP contribution < -0.4 is 5.32 Å². The van der Waals surface area contributed by atoms with E-state index >= 15 is 0 Å². The molecule has 0 bridgehead atoms. The van der Waals surface area contributed by atoms with Crippen LogP contribution in [0.2, 0.25) is 0 Å². The molecule has 0 aromatic carbocycles. The molecular formula is C18H31N3O2S. The fraction of sp³-hybridized carbons (Fsp3) is 0.722. The summed E-state index contributed by atoms with van der Waals surface area (Å²) in [5.74, 6) is 3.96. The van der Waals surface area contributed by atoms with Gasteiger partial charge in [0, 0.05) is 12.3 Å². The summed E-state index contributed by atoms with van der Waals surface area (Å²) in [6.45, 7) is 2.58. The van der Waals surface area contributed by atoms with E-state index in [2.05, 4.69) is 22.2 Å². The monoisotopic (exact) mass is 353 g/mol. The van der Waals surface area contributed by atoms with E-state index in [1.165, 1.54) is 12.8 Å². The van der Waals surface area contributed by atoms with Crippen LogP contribution >= 0.6 is 11.8 Å². The number of amides is 1. The molecule has 1 aromatic heterocycles. The molecule has 2 heterocycles. The average Bonchev–Trinajstić information content (AvgIpc) is 2.84. The highest BCUT2D eigenvalue weighted by molar-refractivity contribution is 7.98. The summed E-state index contributed by atoms with van der Waals surface area (Å²) in [5, 5.41) is 3.09. The number of thioether (sulfide) groups is 1. The van der Waals surface area contributed by atoms with Gasteiger partial charge in [-0.15, -0.1) is 0 Å². The van der Waals surface area contributed by atoms with Crippen molar-refractivity contribution in [2.45, 2.75) is 44.0 Å². The first-order valence-electron chi connectivity index (χ1n) is 8.84. The number of hydrogen-bond acceptors (Lipinski definition) is 5. The zero-order chi connectivity index (χ0) is 17.4. The number of rotatable bonds is 8. The Morgan fingerprint density at radius 2 is 2.12 bits per heavy atom. The molecule has 24 heavy (non-hydrogen) atoms. The summed E-state index contributed by atoms with van der Waals surface area (Å²) < 4.78 is 5.79. The van der Waals surface area contributed by atoms with Gasteiger partial charge >= 0.3 is 0 Å². The molecule has 1 aliphatic rings. The van der Waals surface area contributed by atoms with E-state index in [1.54, 1.807) is 11.8 Å². The highest BCUT2D eigenvalue weighted by Gasteiger charge is 2.24. The summed E-state index contributed by atoms with van der Waals surface area (Å²) in [5.41, 5.74) is 0. The van der Waals surface area contributed by atoms with Crippen LogP contribution in [0.25, 0.3) is 0 Å². The number of likely N-dealkylation sites (N-methyl/N-ethyl adjacent to an activating group) is 1. The van der Waals surface area contributed by atoms with E-state index in [1.807, 2.05) is 26.2 Å². The molecule has 0 aliphatic carbocycles. The third kappa shape index (κ3) is 6.49. The summed E-state index contributed by atoms with van der Waals surface area (Å²) in [4.78, 5) is 16.6. The van der Waals surface area contributed by atoms with E-state index in [0.717, 1.165) is 55.5 Å². The predicted octanol–water partition coefficient (Wildman–Crippen LogP) is 2.57. The SMILES string of the molecule is CN(C)Cc1ccc(CSCCNC(=O)[C@@H]2CCCCCN2C)o1. The molecule has 0 saturated carbocycles. The Kier molecular flexibility index (Phi) is 8.15. The van der Waals surface area contributed by atoms with Crippen molar-refractivity contribution >= 4 is 17.7 Å². The van der Waals surface area contributed by atoms with Gasteiger partial charge in [0.2, 0.25) is 5.91 Å². The van der Waals surface area contributed by atoms with E-state index < -0.39 is 0 Å². The average molecular weight is 354 g/mol. The molecular weight excluding hydrogens is 322 g/mol. The maximum atomic E-state index is 12.3. The van der Waals surface area contributed by atoms with Gasteiger partial charge in [0.25, 0.3) is 0 Å². The first-order valence-corrected chi connectivity index (χ1v) is 9.99. The van der Waals surface area contributed by atoms with Gasteiger partial charge in [-0.1, -0.05) is 12.8 Å². The first-order chi connectivity index (χ1) is 11.6. The lowest BCUT2D eigenvalue weighted by molar-refractivity contribution is -0.125. The maximum absolute atomic E-state index is 12.3. The van der Waals surface area contributed by atoms with Gasteiger partial charge in [-0.2, -0.15) is 11.8 Å². The molecule has 1 aliphatic heterocycles. The van der Waals surface area contributed by atoms with Crippen LogP contribution in [0.5, 0.6) is 0 Å². The van der Waals surface area contributed by atoms with Gasteiger partial charge < -0.3 is 14.6 Å². The zero-order valence-electron chi connectivity index (χ0n) is 15.2. The summed E-state index contributed by atoms with van der Waals surface area (Å²) in [7, 11) is 6.13. The summed E-state index contributed by atoms with van der Waals surface area (Å²) in [6.07, 6.45) is 4.58. The summed E-state index contributed by atoms with van der Waals surface area (Å²) >= 11 is 1.80. The fourth-order valence-corrected chi connectivity index (χ4v) is 3.76. The van der Waals surface area contributed by atoms with Crippen molar-refractivity contribution in [3.05, 3.63) is 23.7 Å². The molecule has 0 radical (unpaired) electrons. The van der Waals surface area contributed by atoms with E-state index in [-0.39, 0.29) is 11.9 Å². The molecule has 1 N–H and O–H groups in total. The molecule has 6 heteroatoms. The lowest BCUT2D eigenvalue weighted by Crippen LogP contribution is -2.45.